The van der Waals surface area contributed by atoms with E-state index in [0.717, 1.165) is 51.2 Å². The Morgan fingerprint density at radius 1 is 0.945 bits per heavy atom. The number of hydrogen-bond acceptors (Lipinski definition) is 11. The molecule has 12 nitrogen and oxygen atoms in total. The zero-order valence-electron chi connectivity index (χ0n) is 30.5. The first kappa shape index (κ1) is 35.3. The molecular weight excluding hydrogens is 706 g/mol. The Morgan fingerprint density at radius 2 is 1.69 bits per heavy atom. The average molecular weight is 747 g/mol. The lowest BCUT2D eigenvalue weighted by molar-refractivity contribution is -0.147. The number of aliphatic hydroxyl groups excluding tert-OH is 1. The van der Waals surface area contributed by atoms with Gasteiger partial charge >= 0.3 is 5.97 Å². The summed E-state index contributed by atoms with van der Waals surface area (Å²) in [5.74, 6) is -0.510. The molecule has 14 heteroatoms. The van der Waals surface area contributed by atoms with Crippen molar-refractivity contribution >= 4 is 39.7 Å². The predicted octanol–water partition coefficient (Wildman–Crippen LogP) is 6.70. The van der Waals surface area contributed by atoms with Gasteiger partial charge in [0.05, 0.1) is 17.0 Å². The van der Waals surface area contributed by atoms with Crippen LogP contribution in [0.5, 0.6) is 0 Å². The number of halogens is 2. The van der Waals surface area contributed by atoms with Crippen molar-refractivity contribution in [1.29, 1.82) is 0 Å². The Labute approximate surface area is 315 Å². The third-order valence-electron chi connectivity index (χ3n) is 11.4. The summed E-state index contributed by atoms with van der Waals surface area (Å²) in [6, 6.07) is 15.8. The fraction of sp³-hybridized carbons (Fsp3) is 0.366. The van der Waals surface area contributed by atoms with Crippen molar-refractivity contribution in [2.24, 2.45) is 5.41 Å². The molecule has 2 atom stereocenters. The number of β-amino-alcohol motifs (C(OH)–C–C–N with tert-alkyl or cyclic N) is 1. The van der Waals surface area contributed by atoms with Gasteiger partial charge in [-0.2, -0.15) is 0 Å². The van der Waals surface area contributed by atoms with Crippen molar-refractivity contribution in [2.75, 3.05) is 37.6 Å². The molecule has 7 heterocycles. The number of aliphatic carboxylic acids is 1. The second kappa shape index (κ2) is 13.7. The van der Waals surface area contributed by atoms with Gasteiger partial charge in [-0.15, -0.1) is 0 Å². The first-order valence-electron chi connectivity index (χ1n) is 18.6. The fourth-order valence-corrected chi connectivity index (χ4v) is 8.40. The molecule has 0 bridgehead atoms. The molecule has 0 spiro atoms. The maximum atomic E-state index is 14.2. The van der Waals surface area contributed by atoms with Gasteiger partial charge in [0.1, 0.15) is 11.0 Å². The van der Waals surface area contributed by atoms with Crippen molar-refractivity contribution < 1.29 is 28.2 Å². The molecule has 0 saturated carbocycles. The van der Waals surface area contributed by atoms with Crippen LogP contribution in [0.25, 0.3) is 44.8 Å². The lowest BCUT2D eigenvalue weighted by Crippen LogP contribution is -2.31. The molecule has 9 rings (SSSR count). The van der Waals surface area contributed by atoms with Gasteiger partial charge < -0.3 is 19.5 Å². The van der Waals surface area contributed by atoms with Crippen LogP contribution in [0.4, 0.5) is 20.3 Å². The van der Waals surface area contributed by atoms with E-state index in [1.807, 2.05) is 42.2 Å². The van der Waals surface area contributed by atoms with Crippen LogP contribution >= 0.6 is 0 Å². The molecule has 0 amide bonds. The number of oxazole rings is 1. The maximum absolute atomic E-state index is 14.2. The van der Waals surface area contributed by atoms with Crippen LogP contribution in [0.1, 0.15) is 54.3 Å². The number of rotatable bonds is 9. The first-order chi connectivity index (χ1) is 26.5. The van der Waals surface area contributed by atoms with E-state index in [1.54, 1.807) is 25.4 Å². The molecule has 2 fully saturated rings. The number of carbonyl (C=O) groups is 1. The molecule has 282 valence electrons. The third-order valence-corrected chi connectivity index (χ3v) is 11.4. The van der Waals surface area contributed by atoms with Crippen LogP contribution in [0.2, 0.25) is 0 Å². The summed E-state index contributed by atoms with van der Waals surface area (Å²) >= 11 is 0. The van der Waals surface area contributed by atoms with Crippen LogP contribution < -0.4 is 4.90 Å². The van der Waals surface area contributed by atoms with Gasteiger partial charge in [0.25, 0.3) is 6.43 Å². The van der Waals surface area contributed by atoms with Gasteiger partial charge in [-0.25, -0.2) is 28.7 Å². The zero-order valence-corrected chi connectivity index (χ0v) is 30.5. The minimum atomic E-state index is -2.85. The Kier molecular flexibility index (Phi) is 8.78. The summed E-state index contributed by atoms with van der Waals surface area (Å²) in [6.45, 7) is 7.99. The number of anilines is 2. The fourth-order valence-electron chi connectivity index (χ4n) is 8.40. The highest BCUT2D eigenvalue weighted by Crippen LogP contribution is 2.43. The Bertz CT molecular complexity index is 2480. The van der Waals surface area contributed by atoms with Crippen LogP contribution in [-0.4, -0.2) is 89.7 Å². The monoisotopic (exact) mass is 746 g/mol. The van der Waals surface area contributed by atoms with E-state index in [1.165, 1.54) is 0 Å². The summed E-state index contributed by atoms with van der Waals surface area (Å²) in [4.78, 5) is 40.7. The molecule has 55 heavy (non-hydrogen) atoms. The Morgan fingerprint density at radius 3 is 2.45 bits per heavy atom. The number of likely N-dealkylation sites (tertiary alicyclic amines) is 2. The largest absolute Gasteiger partial charge is 0.481 e. The molecule has 3 aliphatic rings. The van der Waals surface area contributed by atoms with Crippen molar-refractivity contribution in [3.05, 3.63) is 89.0 Å². The summed E-state index contributed by atoms with van der Waals surface area (Å²) in [5, 5.41) is 19.6. The number of aromatic nitrogens is 5. The number of aliphatic hydroxyl groups is 1. The summed E-state index contributed by atoms with van der Waals surface area (Å²) in [5.41, 5.74) is 8.66. The highest BCUT2D eigenvalue weighted by atomic mass is 19.3. The number of carboxylic acid groups (broad SMARTS) is 1. The molecule has 4 aromatic heterocycles. The SMILES string of the molecule is Cc1c(-c2nc3cc(CN4CCC(C)(C(=O)O)C4)cnc3o2)cccc1-c1cccc2c1CCN2c1nc(C(F)F)nc2cc(CN3CCC(O)C3)cnc12. The Hall–Kier alpha value is -5.44. The van der Waals surface area contributed by atoms with Gasteiger partial charge in [0.2, 0.25) is 11.6 Å². The molecular formula is C41H40F2N8O4. The molecule has 2 aromatic carbocycles. The summed E-state index contributed by atoms with van der Waals surface area (Å²) in [7, 11) is 0. The molecule has 3 aliphatic heterocycles. The molecule has 2 N–H and O–H groups in total. The normalized spacial score (nSPS) is 20.4. The van der Waals surface area contributed by atoms with Crippen molar-refractivity contribution in [2.45, 2.75) is 58.7 Å². The number of fused-ring (bicyclic) bond motifs is 3. The van der Waals surface area contributed by atoms with Gasteiger partial charge in [0.15, 0.2) is 11.6 Å². The zero-order chi connectivity index (χ0) is 38.0. The van der Waals surface area contributed by atoms with E-state index in [2.05, 4.69) is 36.9 Å². The molecule has 2 unspecified atom stereocenters. The Balaban J connectivity index is 1.02. The standard InChI is InChI=1S/C41H40F2N8O4/c1-23-27(5-3-6-28(23)38-47-32-16-25(18-45-39(32)55-38)20-50-14-11-41(2,22-50)40(53)54)29-7-4-8-33-30(29)10-13-51(33)37-34-31(46-36(48-37)35(42)43)15-24(17-44-34)19-49-12-9-26(52)21-49/h3-8,15-18,26,35,52H,9-14,19-22H2,1-2H3,(H,53,54). The van der Waals surface area contributed by atoms with Crippen LogP contribution in [0, 0.1) is 12.3 Å². The van der Waals surface area contributed by atoms with Gasteiger partial charge in [-0.1, -0.05) is 24.3 Å². The number of alkyl halides is 2. The highest BCUT2D eigenvalue weighted by Gasteiger charge is 2.40. The van der Waals surface area contributed by atoms with Gasteiger partial charge in [-0.3, -0.25) is 19.6 Å². The van der Waals surface area contributed by atoms with Crippen LogP contribution in [0.3, 0.4) is 0 Å². The van der Waals surface area contributed by atoms with Crippen molar-refractivity contribution in [3.8, 4) is 22.6 Å². The quantitative estimate of drug-likeness (QED) is 0.163. The summed E-state index contributed by atoms with van der Waals surface area (Å²) < 4.78 is 34.6. The van der Waals surface area contributed by atoms with E-state index < -0.39 is 23.6 Å². The number of carboxylic acids is 1. The van der Waals surface area contributed by atoms with Gasteiger partial charge in [-0.05, 0) is 97.3 Å². The van der Waals surface area contributed by atoms with E-state index in [4.69, 9.17) is 14.4 Å². The van der Waals surface area contributed by atoms with Crippen molar-refractivity contribution in [3.63, 3.8) is 0 Å². The van der Waals surface area contributed by atoms with E-state index >= 15 is 0 Å². The maximum Gasteiger partial charge on any atom is 0.310 e. The van der Waals surface area contributed by atoms with Crippen molar-refractivity contribution in [1.82, 2.24) is 34.7 Å². The third kappa shape index (κ3) is 6.47. The topological polar surface area (TPSA) is 145 Å². The van der Waals surface area contributed by atoms with Gasteiger partial charge in [0, 0.05) is 62.9 Å². The predicted molar refractivity (Wildman–Crippen MR) is 202 cm³/mol. The van der Waals surface area contributed by atoms with Crippen LogP contribution in [0.15, 0.2) is 65.3 Å². The first-order valence-corrected chi connectivity index (χ1v) is 18.6. The second-order valence-electron chi connectivity index (χ2n) is 15.3. The highest BCUT2D eigenvalue weighted by molar-refractivity contribution is 5.91. The molecule has 0 radical (unpaired) electrons. The smallest absolute Gasteiger partial charge is 0.310 e. The van der Waals surface area contributed by atoms with E-state index in [-0.39, 0.29) is 6.10 Å². The molecule has 6 aromatic rings. The second-order valence-corrected chi connectivity index (χ2v) is 15.3. The average Bonchev–Trinajstić information content (AvgIpc) is 3.97. The number of pyridine rings is 2. The molecule has 0 aliphatic carbocycles. The minimum absolute atomic E-state index is 0.351. The summed E-state index contributed by atoms with van der Waals surface area (Å²) in [6.07, 6.45) is 2.27. The van der Waals surface area contributed by atoms with Crippen LogP contribution in [-0.2, 0) is 24.3 Å². The number of nitrogens with zero attached hydrogens (tertiary/aromatic N) is 8. The molecule has 2 saturated heterocycles. The number of benzene rings is 2. The minimum Gasteiger partial charge on any atom is -0.481 e. The lowest BCUT2D eigenvalue weighted by Gasteiger charge is -2.21. The van der Waals surface area contributed by atoms with E-state index in [9.17, 15) is 23.8 Å². The number of hydrogen-bond donors (Lipinski definition) is 2. The van der Waals surface area contributed by atoms with E-state index in [0.29, 0.717) is 92.5 Å². The lowest BCUT2D eigenvalue weighted by atomic mass is 9.90.